The highest BCUT2D eigenvalue weighted by Crippen LogP contribution is 2.31. The van der Waals surface area contributed by atoms with Gasteiger partial charge in [0.15, 0.2) is 0 Å². The molecule has 1 heterocycles. The van der Waals surface area contributed by atoms with E-state index in [-0.39, 0.29) is 50.4 Å². The van der Waals surface area contributed by atoms with Gasteiger partial charge in [-0.25, -0.2) is 4.79 Å². The molecule has 3 rings (SSSR count). The molecule has 5 N–H and O–H groups in total. The third kappa shape index (κ3) is 10.9. The summed E-state index contributed by atoms with van der Waals surface area (Å²) in [5, 5.41) is 34.1. The summed E-state index contributed by atoms with van der Waals surface area (Å²) >= 11 is 0. The van der Waals surface area contributed by atoms with Crippen LogP contribution in [0, 0.1) is 0 Å². The maximum Gasteiger partial charge on any atom is 0.339 e. The largest absolute Gasteiger partial charge is 0.499 e. The van der Waals surface area contributed by atoms with Crippen LogP contribution in [-0.2, 0) is 38.1 Å². The van der Waals surface area contributed by atoms with Crippen LogP contribution in [0.25, 0.3) is 6.08 Å². The molecule has 2 amide bonds. The second-order valence-electron chi connectivity index (χ2n) is 11.9. The van der Waals surface area contributed by atoms with Crippen LogP contribution in [0.3, 0.4) is 0 Å². The maximum atomic E-state index is 13.4. The van der Waals surface area contributed by atoms with Gasteiger partial charge < -0.3 is 49.6 Å². The Morgan fingerprint density at radius 3 is 2.52 bits per heavy atom. The second kappa shape index (κ2) is 17.2. The van der Waals surface area contributed by atoms with E-state index in [0.29, 0.717) is 5.56 Å². The van der Waals surface area contributed by atoms with Crippen molar-refractivity contribution >= 4 is 29.8 Å². The number of amides is 2. The summed E-state index contributed by atoms with van der Waals surface area (Å²) in [5.41, 5.74) is 0.207. The Balaban J connectivity index is 1.67. The fraction of sp³-hybridized carbons (Fsp3) is 0.562. The Hall–Kier alpha value is -3.82. The standard InChI is InChI=1S/C32H44N2O12/c1-19(37)27(30(40)33-22(17-36)9-10-26(38)46-32(2,3)4)34-29(39)21-15-24-28(44-18-43-24)25(16-21)45-31(41)23-8-6-5-7-20(23)11-13-42-14-12-35/h5-8,11,13,15,19,22,24-25,27-28,35-37H,9-10,12,14,16-18H2,1-4H3,(H,33,40)(H,34,39)/t19-,22-,24+,25+,27+,28+/m0/s1. The summed E-state index contributed by atoms with van der Waals surface area (Å²) in [6, 6.07) is 4.42. The molecule has 0 radical (unpaired) electrons. The van der Waals surface area contributed by atoms with Gasteiger partial charge in [0.05, 0.1) is 37.2 Å². The Morgan fingerprint density at radius 1 is 1.11 bits per heavy atom. The number of carbonyl (C=O) groups excluding carboxylic acids is 4. The van der Waals surface area contributed by atoms with Crippen LogP contribution in [0.1, 0.15) is 62.9 Å². The molecule has 1 aromatic rings. The fourth-order valence-electron chi connectivity index (χ4n) is 4.82. The van der Waals surface area contributed by atoms with Crippen molar-refractivity contribution in [2.45, 2.75) is 89.1 Å². The number of carbonyl (C=O) groups is 4. The van der Waals surface area contributed by atoms with Crippen LogP contribution in [0.15, 0.2) is 42.2 Å². The van der Waals surface area contributed by atoms with Crippen molar-refractivity contribution in [2.75, 3.05) is 26.6 Å². The SMILES string of the molecule is C[C@H](O)[C@@H](NC(=O)C1=C[C@H]2OCO[C@H]2[C@H](OC(=O)c2ccccc2C=COCCO)C1)C(=O)N[C@H](CO)CCC(=O)OC(C)(C)C. The number of nitrogens with one attached hydrogen (secondary N) is 2. The molecule has 0 spiro atoms. The minimum atomic E-state index is -1.41. The predicted octanol–water partition coefficient (Wildman–Crippen LogP) is 0.728. The molecule has 1 saturated heterocycles. The van der Waals surface area contributed by atoms with E-state index in [2.05, 4.69) is 10.6 Å². The summed E-state index contributed by atoms with van der Waals surface area (Å²) in [7, 11) is 0. The molecule has 14 heteroatoms. The van der Waals surface area contributed by atoms with Crippen LogP contribution in [-0.4, -0.2) is 108 Å². The molecule has 1 aliphatic heterocycles. The Bertz CT molecular complexity index is 1270. The van der Waals surface area contributed by atoms with Crippen LogP contribution in [0.2, 0.25) is 0 Å². The molecule has 2 aliphatic rings. The molecule has 0 unspecified atom stereocenters. The van der Waals surface area contributed by atoms with Crippen LogP contribution in [0.5, 0.6) is 0 Å². The smallest absolute Gasteiger partial charge is 0.339 e. The average molecular weight is 649 g/mol. The predicted molar refractivity (Wildman–Crippen MR) is 163 cm³/mol. The number of fused-ring (bicyclic) bond motifs is 1. The van der Waals surface area contributed by atoms with Gasteiger partial charge in [0.2, 0.25) is 11.8 Å². The normalized spacial score (nSPS) is 21.4. The van der Waals surface area contributed by atoms with Crippen molar-refractivity contribution in [3.8, 4) is 0 Å². The number of hydrogen-bond acceptors (Lipinski definition) is 12. The van der Waals surface area contributed by atoms with E-state index in [1.165, 1.54) is 19.3 Å². The third-order valence-electron chi connectivity index (χ3n) is 7.02. The molecular weight excluding hydrogens is 604 g/mol. The van der Waals surface area contributed by atoms with Crippen LogP contribution in [0.4, 0.5) is 0 Å². The van der Waals surface area contributed by atoms with Gasteiger partial charge in [0, 0.05) is 18.4 Å². The minimum absolute atomic E-state index is 0.0651. The molecule has 1 fully saturated rings. The first kappa shape index (κ1) is 36.6. The molecule has 0 aromatic heterocycles. The Labute approximate surface area is 267 Å². The molecule has 1 aliphatic carbocycles. The first-order valence-electron chi connectivity index (χ1n) is 15.1. The zero-order chi connectivity index (χ0) is 33.9. The van der Waals surface area contributed by atoms with Crippen molar-refractivity contribution in [3.63, 3.8) is 0 Å². The highest BCUT2D eigenvalue weighted by atomic mass is 16.7. The summed E-state index contributed by atoms with van der Waals surface area (Å²) in [5.74, 6) is -2.64. The topological polar surface area (TPSA) is 199 Å². The number of aliphatic hydroxyl groups is 3. The lowest BCUT2D eigenvalue weighted by Crippen LogP contribution is -2.55. The Morgan fingerprint density at radius 2 is 1.85 bits per heavy atom. The summed E-state index contributed by atoms with van der Waals surface area (Å²) in [4.78, 5) is 51.8. The van der Waals surface area contributed by atoms with Gasteiger partial charge in [-0.05, 0) is 57.9 Å². The molecule has 0 saturated carbocycles. The van der Waals surface area contributed by atoms with E-state index in [1.54, 1.807) is 51.1 Å². The molecular formula is C32H44N2O12. The third-order valence-corrected chi connectivity index (χ3v) is 7.02. The van der Waals surface area contributed by atoms with Crippen molar-refractivity contribution in [1.29, 1.82) is 0 Å². The van der Waals surface area contributed by atoms with E-state index in [9.17, 15) is 29.4 Å². The monoisotopic (exact) mass is 648 g/mol. The number of esters is 2. The van der Waals surface area contributed by atoms with Crippen molar-refractivity contribution < 1.29 is 58.2 Å². The fourth-order valence-corrected chi connectivity index (χ4v) is 4.82. The molecule has 0 bridgehead atoms. The molecule has 6 atom stereocenters. The van der Waals surface area contributed by atoms with Crippen molar-refractivity contribution in [1.82, 2.24) is 10.6 Å². The van der Waals surface area contributed by atoms with Gasteiger partial charge in [0.1, 0.15) is 43.4 Å². The lowest BCUT2D eigenvalue weighted by atomic mass is 9.91. The minimum Gasteiger partial charge on any atom is -0.499 e. The highest BCUT2D eigenvalue weighted by molar-refractivity contribution is 5.98. The maximum absolute atomic E-state index is 13.4. The van der Waals surface area contributed by atoms with E-state index in [0.717, 1.165) is 0 Å². The number of benzene rings is 1. The van der Waals surface area contributed by atoms with E-state index in [1.807, 2.05) is 0 Å². The first-order valence-corrected chi connectivity index (χ1v) is 15.1. The first-order chi connectivity index (χ1) is 21.8. The van der Waals surface area contributed by atoms with Gasteiger partial charge >= 0.3 is 11.9 Å². The molecule has 46 heavy (non-hydrogen) atoms. The lowest BCUT2D eigenvalue weighted by Gasteiger charge is -2.31. The number of hydrogen-bond donors (Lipinski definition) is 5. The summed E-state index contributed by atoms with van der Waals surface area (Å²) in [6.07, 6.45) is 0.761. The molecule has 254 valence electrons. The van der Waals surface area contributed by atoms with Crippen molar-refractivity contribution in [3.05, 3.63) is 53.3 Å². The molecule has 1 aromatic carbocycles. The number of rotatable bonds is 15. The van der Waals surface area contributed by atoms with Gasteiger partial charge in [-0.1, -0.05) is 18.2 Å². The van der Waals surface area contributed by atoms with Gasteiger partial charge in [-0.3, -0.25) is 14.4 Å². The highest BCUT2D eigenvalue weighted by Gasteiger charge is 2.43. The zero-order valence-corrected chi connectivity index (χ0v) is 26.5. The zero-order valence-electron chi connectivity index (χ0n) is 26.5. The van der Waals surface area contributed by atoms with E-state index >= 15 is 0 Å². The van der Waals surface area contributed by atoms with E-state index < -0.39 is 72.5 Å². The summed E-state index contributed by atoms with van der Waals surface area (Å²) < 4.78 is 27.4. The number of ether oxygens (including phenoxy) is 5. The van der Waals surface area contributed by atoms with Gasteiger partial charge in [-0.2, -0.15) is 0 Å². The van der Waals surface area contributed by atoms with Gasteiger partial charge in [-0.15, -0.1) is 0 Å². The quantitative estimate of drug-likeness (QED) is 0.102. The average Bonchev–Trinajstić information content (AvgIpc) is 3.48. The lowest BCUT2D eigenvalue weighted by molar-refractivity contribution is -0.155. The van der Waals surface area contributed by atoms with Crippen LogP contribution >= 0.6 is 0 Å². The van der Waals surface area contributed by atoms with E-state index in [4.69, 9.17) is 28.8 Å². The van der Waals surface area contributed by atoms with Gasteiger partial charge in [0.25, 0.3) is 0 Å². The number of aliphatic hydroxyl groups excluding tert-OH is 3. The van der Waals surface area contributed by atoms with Crippen LogP contribution < -0.4 is 10.6 Å². The Kier molecular flexibility index (Phi) is 13.7. The molecule has 14 nitrogen and oxygen atoms in total. The van der Waals surface area contributed by atoms with Crippen molar-refractivity contribution in [2.24, 2.45) is 0 Å². The second-order valence-corrected chi connectivity index (χ2v) is 11.9. The summed E-state index contributed by atoms with van der Waals surface area (Å²) in [6.45, 7) is 5.86.